The summed E-state index contributed by atoms with van der Waals surface area (Å²) in [4.78, 5) is 33.7. The molecule has 0 unspecified atom stereocenters. The second kappa shape index (κ2) is 8.47. The summed E-state index contributed by atoms with van der Waals surface area (Å²) in [6, 6.07) is 9.85. The maximum atomic E-state index is 12.8. The second-order valence-electron chi connectivity index (χ2n) is 7.41. The van der Waals surface area contributed by atoms with E-state index in [9.17, 15) is 9.59 Å². The molecule has 3 aromatic rings. The van der Waals surface area contributed by atoms with Crippen LogP contribution in [0.15, 0.2) is 46.5 Å². The monoisotopic (exact) mass is 425 g/mol. The third-order valence-corrected chi connectivity index (χ3v) is 6.74. The minimum absolute atomic E-state index is 0.0285. The predicted octanol–water partition coefficient (Wildman–Crippen LogP) is 4.59. The van der Waals surface area contributed by atoms with Crippen LogP contribution in [-0.2, 0) is 0 Å². The largest absolute Gasteiger partial charge is 0.335 e. The molecule has 0 N–H and O–H groups in total. The van der Waals surface area contributed by atoms with Gasteiger partial charge in [-0.25, -0.2) is 4.98 Å². The van der Waals surface area contributed by atoms with Crippen molar-refractivity contribution in [3.63, 3.8) is 0 Å². The molecule has 1 aliphatic heterocycles. The molecule has 2 aromatic heterocycles. The SMILES string of the molecule is CC(C)c1ccc(C(=O)N2CCN(C(=O)c3csc(-c4ccsc4)n3)CC2)cc1. The molecular formula is C22H23N3O2S2. The number of benzene rings is 1. The third-order valence-electron chi connectivity index (χ3n) is 5.17. The van der Waals surface area contributed by atoms with Gasteiger partial charge in [-0.15, -0.1) is 11.3 Å². The molecule has 0 radical (unpaired) electrons. The summed E-state index contributed by atoms with van der Waals surface area (Å²) in [5.41, 5.74) is 3.47. The Labute approximate surface area is 178 Å². The van der Waals surface area contributed by atoms with Crippen molar-refractivity contribution in [2.45, 2.75) is 19.8 Å². The Morgan fingerprint density at radius 3 is 2.17 bits per heavy atom. The van der Waals surface area contributed by atoms with Crippen molar-refractivity contribution < 1.29 is 9.59 Å². The molecule has 7 heteroatoms. The van der Waals surface area contributed by atoms with Gasteiger partial charge in [0.05, 0.1) is 0 Å². The molecule has 0 aliphatic carbocycles. The smallest absolute Gasteiger partial charge is 0.273 e. The highest BCUT2D eigenvalue weighted by molar-refractivity contribution is 7.14. The molecule has 0 atom stereocenters. The van der Waals surface area contributed by atoms with E-state index in [1.165, 1.54) is 16.9 Å². The topological polar surface area (TPSA) is 53.5 Å². The average molecular weight is 426 g/mol. The number of piperazine rings is 1. The first kappa shape index (κ1) is 19.8. The maximum Gasteiger partial charge on any atom is 0.273 e. The Morgan fingerprint density at radius 2 is 1.59 bits per heavy atom. The molecule has 1 fully saturated rings. The molecule has 0 bridgehead atoms. The summed E-state index contributed by atoms with van der Waals surface area (Å²) in [6.45, 7) is 6.41. The molecule has 29 heavy (non-hydrogen) atoms. The molecule has 3 heterocycles. The van der Waals surface area contributed by atoms with Gasteiger partial charge >= 0.3 is 0 Å². The van der Waals surface area contributed by atoms with Crippen LogP contribution in [0.3, 0.4) is 0 Å². The Kier molecular flexibility index (Phi) is 5.78. The van der Waals surface area contributed by atoms with Crippen LogP contribution in [0.2, 0.25) is 0 Å². The van der Waals surface area contributed by atoms with Gasteiger partial charge in [0.2, 0.25) is 0 Å². The van der Waals surface area contributed by atoms with Crippen LogP contribution in [0.25, 0.3) is 10.6 Å². The number of hydrogen-bond acceptors (Lipinski definition) is 5. The zero-order chi connectivity index (χ0) is 20.4. The Balaban J connectivity index is 1.36. The lowest BCUT2D eigenvalue weighted by molar-refractivity contribution is 0.0533. The quantitative estimate of drug-likeness (QED) is 0.614. The van der Waals surface area contributed by atoms with Gasteiger partial charge in [0.15, 0.2) is 0 Å². The Morgan fingerprint density at radius 1 is 0.931 bits per heavy atom. The van der Waals surface area contributed by atoms with Crippen LogP contribution < -0.4 is 0 Å². The van der Waals surface area contributed by atoms with Crippen LogP contribution in [0.1, 0.15) is 46.2 Å². The highest BCUT2D eigenvalue weighted by Gasteiger charge is 2.26. The number of carbonyl (C=O) groups excluding carboxylic acids is 2. The van der Waals surface area contributed by atoms with Crippen LogP contribution >= 0.6 is 22.7 Å². The van der Waals surface area contributed by atoms with Gasteiger partial charge in [0.1, 0.15) is 10.7 Å². The molecule has 1 aromatic carbocycles. The molecule has 1 aliphatic rings. The fourth-order valence-corrected chi connectivity index (χ4v) is 4.86. The molecule has 4 rings (SSSR count). The number of thiazole rings is 1. The number of thiophene rings is 1. The summed E-state index contributed by atoms with van der Waals surface area (Å²) in [5, 5.41) is 6.73. The van der Waals surface area contributed by atoms with Crippen molar-refractivity contribution in [3.05, 3.63) is 63.3 Å². The van der Waals surface area contributed by atoms with Crippen molar-refractivity contribution >= 4 is 34.5 Å². The van der Waals surface area contributed by atoms with E-state index < -0.39 is 0 Å². The van der Waals surface area contributed by atoms with Gasteiger partial charge < -0.3 is 9.80 Å². The van der Waals surface area contributed by atoms with Gasteiger partial charge in [0.25, 0.3) is 11.8 Å². The van der Waals surface area contributed by atoms with Crippen molar-refractivity contribution in [2.24, 2.45) is 0 Å². The Hall–Kier alpha value is -2.51. The highest BCUT2D eigenvalue weighted by Crippen LogP contribution is 2.26. The van der Waals surface area contributed by atoms with E-state index in [2.05, 4.69) is 18.8 Å². The van der Waals surface area contributed by atoms with E-state index in [1.54, 1.807) is 16.2 Å². The highest BCUT2D eigenvalue weighted by atomic mass is 32.1. The molecule has 0 saturated carbocycles. The fourth-order valence-electron chi connectivity index (χ4n) is 3.36. The number of nitrogens with zero attached hydrogens (tertiary/aromatic N) is 3. The van der Waals surface area contributed by atoms with E-state index in [0.29, 0.717) is 43.4 Å². The van der Waals surface area contributed by atoms with Crippen molar-refractivity contribution in [2.75, 3.05) is 26.2 Å². The summed E-state index contributed by atoms with van der Waals surface area (Å²) in [5.74, 6) is 0.414. The van der Waals surface area contributed by atoms with Gasteiger partial charge in [-0.3, -0.25) is 9.59 Å². The van der Waals surface area contributed by atoms with Crippen molar-refractivity contribution in [3.8, 4) is 10.6 Å². The van der Waals surface area contributed by atoms with Crippen LogP contribution in [-0.4, -0.2) is 52.8 Å². The van der Waals surface area contributed by atoms with Crippen molar-refractivity contribution in [1.82, 2.24) is 14.8 Å². The Bertz CT molecular complexity index is 986. The molecule has 2 amide bonds. The minimum Gasteiger partial charge on any atom is -0.335 e. The van der Waals surface area contributed by atoms with Crippen LogP contribution in [0.4, 0.5) is 0 Å². The minimum atomic E-state index is -0.0592. The van der Waals surface area contributed by atoms with E-state index in [0.717, 1.165) is 10.6 Å². The first-order valence-electron chi connectivity index (χ1n) is 9.69. The van der Waals surface area contributed by atoms with Crippen molar-refractivity contribution in [1.29, 1.82) is 0 Å². The van der Waals surface area contributed by atoms with Gasteiger partial charge in [0, 0.05) is 48.1 Å². The lowest BCUT2D eigenvalue weighted by Gasteiger charge is -2.34. The normalized spacial score (nSPS) is 14.4. The fraction of sp³-hybridized carbons (Fsp3) is 0.318. The summed E-state index contributed by atoms with van der Waals surface area (Å²) < 4.78 is 0. The zero-order valence-electron chi connectivity index (χ0n) is 16.5. The first-order valence-corrected chi connectivity index (χ1v) is 11.5. The summed E-state index contributed by atoms with van der Waals surface area (Å²) >= 11 is 3.11. The molecular weight excluding hydrogens is 402 g/mol. The summed E-state index contributed by atoms with van der Waals surface area (Å²) in [6.07, 6.45) is 0. The number of amides is 2. The number of carbonyl (C=O) groups is 2. The lowest BCUT2D eigenvalue weighted by atomic mass is 10.0. The van der Waals surface area contributed by atoms with Gasteiger partial charge in [-0.05, 0) is 35.1 Å². The number of rotatable bonds is 4. The van der Waals surface area contributed by atoms with E-state index in [4.69, 9.17) is 0 Å². The summed E-state index contributed by atoms with van der Waals surface area (Å²) in [7, 11) is 0. The second-order valence-corrected chi connectivity index (χ2v) is 9.05. The first-order chi connectivity index (χ1) is 14.0. The lowest BCUT2D eigenvalue weighted by Crippen LogP contribution is -2.50. The molecule has 150 valence electrons. The van der Waals surface area contributed by atoms with E-state index >= 15 is 0 Å². The number of aromatic nitrogens is 1. The third kappa shape index (κ3) is 4.26. The van der Waals surface area contributed by atoms with Gasteiger partial charge in [-0.1, -0.05) is 26.0 Å². The van der Waals surface area contributed by atoms with Crippen LogP contribution in [0.5, 0.6) is 0 Å². The molecule has 1 saturated heterocycles. The zero-order valence-corrected chi connectivity index (χ0v) is 18.1. The van der Waals surface area contributed by atoms with Crippen LogP contribution in [0, 0.1) is 0 Å². The molecule has 5 nitrogen and oxygen atoms in total. The standard InChI is InChI=1S/C22H23N3O2S2/c1-15(2)16-3-5-17(6-4-16)21(26)24-8-10-25(11-9-24)22(27)19-14-29-20(23-19)18-7-12-28-13-18/h3-7,12-15H,8-11H2,1-2H3. The van der Waals surface area contributed by atoms with E-state index in [-0.39, 0.29) is 11.8 Å². The maximum absolute atomic E-state index is 12.8. The predicted molar refractivity (Wildman–Crippen MR) is 118 cm³/mol. The average Bonchev–Trinajstić information content (AvgIpc) is 3.45. The van der Waals surface area contributed by atoms with Gasteiger partial charge in [-0.2, -0.15) is 11.3 Å². The number of hydrogen-bond donors (Lipinski definition) is 0. The molecule has 0 spiro atoms. The van der Waals surface area contributed by atoms with E-state index in [1.807, 2.05) is 51.4 Å².